The van der Waals surface area contributed by atoms with E-state index >= 15 is 0 Å². The predicted molar refractivity (Wildman–Crippen MR) is 140 cm³/mol. The number of benzene rings is 2. The summed E-state index contributed by atoms with van der Waals surface area (Å²) in [6.07, 6.45) is 2.47. The Morgan fingerprint density at radius 3 is 2.62 bits per heavy atom. The van der Waals surface area contributed by atoms with E-state index in [0.717, 1.165) is 40.3 Å². The number of carbonyl (C=O) groups excluding carboxylic acids is 1. The lowest BCUT2D eigenvalue weighted by Crippen LogP contribution is -2.67. The molecule has 2 aromatic carbocycles. The van der Waals surface area contributed by atoms with Gasteiger partial charge in [-0.2, -0.15) is 10.1 Å². The fraction of sp³-hybridized carbons (Fsp3) is 0.296. The second-order valence-corrected chi connectivity index (χ2v) is 10.3. The van der Waals surface area contributed by atoms with Crippen molar-refractivity contribution in [1.82, 2.24) is 4.98 Å². The number of rotatable bonds is 2. The molecule has 1 saturated heterocycles. The van der Waals surface area contributed by atoms with E-state index in [0.29, 0.717) is 13.0 Å². The highest BCUT2D eigenvalue weighted by Gasteiger charge is 2.60. The number of fused-ring (bicyclic) bond motifs is 4. The second kappa shape index (κ2) is 7.94. The van der Waals surface area contributed by atoms with Gasteiger partial charge < -0.3 is 9.80 Å². The topological polar surface area (TPSA) is 52.0 Å². The minimum atomic E-state index is -0.730. The van der Waals surface area contributed by atoms with E-state index in [9.17, 15) is 4.79 Å². The molecule has 3 aliphatic heterocycles. The second-order valence-electron chi connectivity index (χ2n) is 9.40. The summed E-state index contributed by atoms with van der Waals surface area (Å²) in [5, 5.41) is 6.48. The molecule has 3 aromatic rings. The Morgan fingerprint density at radius 2 is 1.85 bits per heavy atom. The Kier molecular flexibility index (Phi) is 4.99. The first-order valence-corrected chi connectivity index (χ1v) is 12.4. The van der Waals surface area contributed by atoms with Crippen LogP contribution < -0.4 is 14.8 Å². The number of halogens is 1. The molecule has 2 atom stereocenters. The van der Waals surface area contributed by atoms with E-state index in [-0.39, 0.29) is 11.9 Å². The number of aromatic nitrogens is 1. The van der Waals surface area contributed by atoms with Crippen LogP contribution in [0.15, 0.2) is 76.4 Å². The van der Waals surface area contributed by atoms with Gasteiger partial charge in [-0.3, -0.25) is 4.79 Å². The molecule has 6 rings (SSSR count). The molecule has 0 aliphatic carbocycles. The highest BCUT2D eigenvalue weighted by molar-refractivity contribution is 9.10. The van der Waals surface area contributed by atoms with Gasteiger partial charge >= 0.3 is 0 Å². The first-order chi connectivity index (χ1) is 16.5. The molecule has 6 nitrogen and oxygen atoms in total. The SMILES string of the molecule is CC1=NN(c2ccc(C)cc2)C(=O)[C@@]12Cc1cc(Br)ccc1N1CCN(c3ccccn3)C[C@@H]12. The van der Waals surface area contributed by atoms with Crippen LogP contribution in [0.3, 0.4) is 0 Å². The van der Waals surface area contributed by atoms with Crippen LogP contribution in [0, 0.1) is 12.3 Å². The average Bonchev–Trinajstić information content (AvgIpc) is 3.10. The molecular weight excluding hydrogens is 490 g/mol. The molecule has 1 aromatic heterocycles. The smallest absolute Gasteiger partial charge is 0.261 e. The zero-order valence-corrected chi connectivity index (χ0v) is 20.9. The van der Waals surface area contributed by atoms with Gasteiger partial charge in [-0.05, 0) is 68.3 Å². The van der Waals surface area contributed by atoms with Crippen LogP contribution in [-0.4, -0.2) is 42.3 Å². The van der Waals surface area contributed by atoms with Crippen molar-refractivity contribution in [1.29, 1.82) is 0 Å². The maximum Gasteiger partial charge on any atom is 0.261 e. The van der Waals surface area contributed by atoms with E-state index in [1.54, 1.807) is 5.01 Å². The minimum Gasteiger partial charge on any atom is -0.363 e. The van der Waals surface area contributed by atoms with E-state index in [1.807, 2.05) is 62.5 Å². The largest absolute Gasteiger partial charge is 0.363 e. The van der Waals surface area contributed by atoms with Crippen molar-refractivity contribution < 1.29 is 4.79 Å². The van der Waals surface area contributed by atoms with E-state index in [2.05, 4.69) is 48.9 Å². The molecule has 7 heteroatoms. The zero-order chi connectivity index (χ0) is 23.4. The minimum absolute atomic E-state index is 0.0383. The lowest BCUT2D eigenvalue weighted by atomic mass is 9.67. The van der Waals surface area contributed by atoms with Gasteiger partial charge in [0, 0.05) is 36.0 Å². The third-order valence-corrected chi connectivity index (χ3v) is 7.98. The number of carbonyl (C=O) groups is 1. The normalized spacial score (nSPS) is 23.7. The van der Waals surface area contributed by atoms with Crippen LogP contribution in [0.5, 0.6) is 0 Å². The van der Waals surface area contributed by atoms with Gasteiger partial charge in [-0.1, -0.05) is 39.7 Å². The molecule has 4 heterocycles. The Morgan fingerprint density at radius 1 is 1.03 bits per heavy atom. The lowest BCUT2D eigenvalue weighted by molar-refractivity contribution is -0.125. The van der Waals surface area contributed by atoms with Crippen molar-refractivity contribution in [2.75, 3.05) is 34.4 Å². The monoisotopic (exact) mass is 515 g/mol. The fourth-order valence-electron chi connectivity index (χ4n) is 5.71. The van der Waals surface area contributed by atoms with E-state index < -0.39 is 5.41 Å². The summed E-state index contributed by atoms with van der Waals surface area (Å²) in [5.74, 6) is 1.01. The Balaban J connectivity index is 1.46. The van der Waals surface area contributed by atoms with Crippen molar-refractivity contribution in [2.24, 2.45) is 10.5 Å². The first kappa shape index (κ1) is 21.4. The van der Waals surface area contributed by atoms with Crippen LogP contribution >= 0.6 is 15.9 Å². The molecule has 0 radical (unpaired) electrons. The maximum absolute atomic E-state index is 14.3. The molecule has 0 saturated carbocycles. The van der Waals surface area contributed by atoms with Gasteiger partial charge in [-0.15, -0.1) is 0 Å². The predicted octanol–water partition coefficient (Wildman–Crippen LogP) is 4.81. The van der Waals surface area contributed by atoms with Gasteiger partial charge in [0.25, 0.3) is 5.91 Å². The summed E-state index contributed by atoms with van der Waals surface area (Å²) in [4.78, 5) is 23.6. The standard InChI is InChI=1S/C27H26BrN5O/c1-18-6-9-22(10-7-18)33-26(34)27(19(2)30-33)16-20-15-21(28)8-11-23(20)32-14-13-31(17-24(27)32)25-5-3-4-12-29-25/h3-12,15,24H,13-14,16-17H2,1-2H3/t24-,27+/m1/s1. The number of amides is 1. The van der Waals surface area contributed by atoms with Crippen LogP contribution in [0.25, 0.3) is 0 Å². The van der Waals surface area contributed by atoms with Crippen LogP contribution in [-0.2, 0) is 11.2 Å². The molecule has 0 unspecified atom stereocenters. The summed E-state index contributed by atoms with van der Waals surface area (Å²) < 4.78 is 1.03. The summed E-state index contributed by atoms with van der Waals surface area (Å²) in [7, 11) is 0. The summed E-state index contributed by atoms with van der Waals surface area (Å²) in [5.41, 5.74) is 4.52. The van der Waals surface area contributed by atoms with Crippen molar-refractivity contribution in [3.8, 4) is 0 Å². The first-order valence-electron chi connectivity index (χ1n) is 11.7. The summed E-state index contributed by atoms with van der Waals surface area (Å²) in [6.45, 7) is 6.46. The maximum atomic E-state index is 14.3. The molecular formula is C27H26BrN5O. The number of hydrogen-bond donors (Lipinski definition) is 0. The van der Waals surface area contributed by atoms with Crippen LogP contribution in [0.1, 0.15) is 18.1 Å². The third kappa shape index (κ3) is 3.17. The number of anilines is 3. The number of hydrazone groups is 1. The van der Waals surface area contributed by atoms with Crippen LogP contribution in [0.2, 0.25) is 0 Å². The quantitative estimate of drug-likeness (QED) is 0.491. The Bertz CT molecular complexity index is 1290. The van der Waals surface area contributed by atoms with Gasteiger partial charge in [-0.25, -0.2) is 4.98 Å². The van der Waals surface area contributed by atoms with Crippen LogP contribution in [0.4, 0.5) is 17.2 Å². The lowest BCUT2D eigenvalue weighted by Gasteiger charge is -2.53. The highest BCUT2D eigenvalue weighted by atomic mass is 79.9. The number of piperazine rings is 1. The van der Waals surface area contributed by atoms with Gasteiger partial charge in [0.05, 0.1) is 17.4 Å². The van der Waals surface area contributed by atoms with Crippen molar-refractivity contribution in [2.45, 2.75) is 26.3 Å². The van der Waals surface area contributed by atoms with Gasteiger partial charge in [0.15, 0.2) is 0 Å². The number of hydrogen-bond acceptors (Lipinski definition) is 5. The molecule has 1 fully saturated rings. The molecule has 0 bridgehead atoms. The fourth-order valence-corrected chi connectivity index (χ4v) is 6.12. The Hall–Kier alpha value is -3.19. The molecule has 0 N–H and O–H groups in total. The molecule has 1 amide bonds. The number of pyridine rings is 1. The molecule has 34 heavy (non-hydrogen) atoms. The number of nitrogens with zero attached hydrogens (tertiary/aromatic N) is 5. The van der Waals surface area contributed by atoms with Gasteiger partial charge in [0.2, 0.25) is 0 Å². The molecule has 1 spiro atoms. The number of aryl methyl sites for hydroxylation is 1. The summed E-state index contributed by atoms with van der Waals surface area (Å²) in [6, 6.07) is 20.4. The zero-order valence-electron chi connectivity index (χ0n) is 19.3. The summed E-state index contributed by atoms with van der Waals surface area (Å²) >= 11 is 3.64. The van der Waals surface area contributed by atoms with Crippen molar-refractivity contribution in [3.05, 3.63) is 82.5 Å². The average molecular weight is 516 g/mol. The third-order valence-electron chi connectivity index (χ3n) is 7.49. The van der Waals surface area contributed by atoms with Crippen molar-refractivity contribution in [3.63, 3.8) is 0 Å². The van der Waals surface area contributed by atoms with E-state index in [1.165, 1.54) is 11.3 Å². The Labute approximate surface area is 208 Å². The van der Waals surface area contributed by atoms with Crippen molar-refractivity contribution >= 4 is 44.7 Å². The molecule has 3 aliphatic rings. The highest BCUT2D eigenvalue weighted by Crippen LogP contribution is 2.48. The molecule has 172 valence electrons. The van der Waals surface area contributed by atoms with E-state index in [4.69, 9.17) is 5.10 Å². The van der Waals surface area contributed by atoms with Gasteiger partial charge in [0.1, 0.15) is 11.2 Å².